The number of nitrogens with two attached hydrogens (primary N) is 1. The summed E-state index contributed by atoms with van der Waals surface area (Å²) in [4.78, 5) is 18.5. The summed E-state index contributed by atoms with van der Waals surface area (Å²) < 4.78 is 0. The van der Waals surface area contributed by atoms with Crippen molar-refractivity contribution >= 4 is 11.6 Å². The second kappa shape index (κ2) is 7.21. The first-order chi connectivity index (χ1) is 9.70. The molecule has 1 saturated heterocycles. The molecule has 1 atom stereocenters. The lowest BCUT2D eigenvalue weighted by atomic mass is 10.1. The van der Waals surface area contributed by atoms with E-state index in [1.54, 1.807) is 18.3 Å². The number of carbonyl (C=O) groups excluding carboxylic acids is 1. The number of nitrogens with zero attached hydrogens (tertiary/aromatic N) is 2. The summed E-state index contributed by atoms with van der Waals surface area (Å²) in [6.45, 7) is 5.04. The van der Waals surface area contributed by atoms with E-state index in [0.717, 1.165) is 13.1 Å². The van der Waals surface area contributed by atoms with Crippen molar-refractivity contribution in [3.05, 3.63) is 24.0 Å². The van der Waals surface area contributed by atoms with E-state index in [1.165, 1.54) is 19.3 Å². The quantitative estimate of drug-likeness (QED) is 0.552. The van der Waals surface area contributed by atoms with Gasteiger partial charge in [-0.05, 0) is 45.0 Å². The zero-order chi connectivity index (χ0) is 14.4. The normalized spacial score (nSPS) is 17.5. The van der Waals surface area contributed by atoms with Crippen LogP contribution in [-0.2, 0) is 0 Å². The molecule has 2 heterocycles. The Morgan fingerprint density at radius 2 is 2.20 bits per heavy atom. The second-order valence-corrected chi connectivity index (χ2v) is 5.23. The van der Waals surface area contributed by atoms with E-state index >= 15 is 0 Å². The largest absolute Gasteiger partial charge is 0.349 e. The fourth-order valence-corrected chi connectivity index (χ4v) is 2.46. The SMILES string of the molecule is CC(CNC(=O)c1cc(NN)ccn1)N1CCCCC1. The molecule has 1 aromatic heterocycles. The van der Waals surface area contributed by atoms with Gasteiger partial charge in [0.1, 0.15) is 5.69 Å². The Hall–Kier alpha value is -1.66. The van der Waals surface area contributed by atoms with Crippen LogP contribution in [0.25, 0.3) is 0 Å². The molecule has 110 valence electrons. The highest BCUT2D eigenvalue weighted by Crippen LogP contribution is 2.11. The van der Waals surface area contributed by atoms with E-state index in [0.29, 0.717) is 24.0 Å². The molecule has 1 fully saturated rings. The number of piperidine rings is 1. The number of hydrogen-bond donors (Lipinski definition) is 3. The monoisotopic (exact) mass is 277 g/mol. The molecule has 1 amide bonds. The Morgan fingerprint density at radius 1 is 1.45 bits per heavy atom. The van der Waals surface area contributed by atoms with Crippen LogP contribution in [0.2, 0.25) is 0 Å². The van der Waals surface area contributed by atoms with Gasteiger partial charge in [0.15, 0.2) is 0 Å². The van der Waals surface area contributed by atoms with E-state index in [4.69, 9.17) is 5.84 Å². The van der Waals surface area contributed by atoms with Crippen LogP contribution in [0.3, 0.4) is 0 Å². The Balaban J connectivity index is 1.84. The van der Waals surface area contributed by atoms with Gasteiger partial charge < -0.3 is 10.7 Å². The lowest BCUT2D eigenvalue weighted by Crippen LogP contribution is -2.44. The van der Waals surface area contributed by atoms with Gasteiger partial charge in [0, 0.05) is 18.8 Å². The molecule has 1 aromatic rings. The standard InChI is InChI=1S/C14H23N5O/c1-11(19-7-3-2-4-8-19)10-17-14(20)13-9-12(18-15)5-6-16-13/h5-6,9,11H,2-4,7-8,10,15H2,1H3,(H,16,18)(H,17,20). The van der Waals surface area contributed by atoms with Crippen molar-refractivity contribution in [1.29, 1.82) is 0 Å². The summed E-state index contributed by atoms with van der Waals surface area (Å²) in [6.07, 6.45) is 5.39. The maximum atomic E-state index is 12.0. The number of rotatable bonds is 5. The van der Waals surface area contributed by atoms with Gasteiger partial charge in [-0.25, -0.2) is 0 Å². The molecule has 2 rings (SSSR count). The van der Waals surface area contributed by atoms with Crippen molar-refractivity contribution in [3.8, 4) is 0 Å². The van der Waals surface area contributed by atoms with Crippen molar-refractivity contribution in [2.75, 3.05) is 25.1 Å². The van der Waals surface area contributed by atoms with Gasteiger partial charge >= 0.3 is 0 Å². The summed E-state index contributed by atoms with van der Waals surface area (Å²) in [5.74, 6) is 5.16. The fourth-order valence-electron chi connectivity index (χ4n) is 2.46. The molecule has 1 aliphatic heterocycles. The zero-order valence-electron chi connectivity index (χ0n) is 11.9. The van der Waals surface area contributed by atoms with Crippen LogP contribution in [0.1, 0.15) is 36.7 Å². The molecule has 0 spiro atoms. The fraction of sp³-hybridized carbons (Fsp3) is 0.571. The van der Waals surface area contributed by atoms with E-state index in [2.05, 4.69) is 27.6 Å². The molecular formula is C14H23N5O. The van der Waals surface area contributed by atoms with Crippen LogP contribution in [0.5, 0.6) is 0 Å². The van der Waals surface area contributed by atoms with Crippen molar-refractivity contribution in [2.24, 2.45) is 5.84 Å². The molecule has 6 nitrogen and oxygen atoms in total. The Bertz CT molecular complexity index is 445. The third-order valence-electron chi connectivity index (χ3n) is 3.73. The second-order valence-electron chi connectivity index (χ2n) is 5.23. The predicted molar refractivity (Wildman–Crippen MR) is 79.3 cm³/mol. The molecule has 1 unspecified atom stereocenters. The lowest BCUT2D eigenvalue weighted by molar-refractivity contribution is 0.0925. The predicted octanol–water partition coefficient (Wildman–Crippen LogP) is 0.971. The molecule has 0 aromatic carbocycles. The minimum absolute atomic E-state index is 0.161. The van der Waals surface area contributed by atoms with Crippen LogP contribution in [0.4, 0.5) is 5.69 Å². The van der Waals surface area contributed by atoms with E-state index in [-0.39, 0.29) is 5.91 Å². The first-order valence-corrected chi connectivity index (χ1v) is 7.15. The molecule has 6 heteroatoms. The minimum Gasteiger partial charge on any atom is -0.349 e. The molecule has 0 radical (unpaired) electrons. The van der Waals surface area contributed by atoms with Crippen LogP contribution in [0, 0.1) is 0 Å². The number of pyridine rings is 1. The molecule has 0 bridgehead atoms. The summed E-state index contributed by atoms with van der Waals surface area (Å²) in [7, 11) is 0. The number of carbonyl (C=O) groups is 1. The summed E-state index contributed by atoms with van der Waals surface area (Å²) in [5, 5.41) is 2.94. The van der Waals surface area contributed by atoms with Crippen LogP contribution >= 0.6 is 0 Å². The molecule has 4 N–H and O–H groups in total. The maximum absolute atomic E-state index is 12.0. The van der Waals surface area contributed by atoms with Gasteiger partial charge in [0.2, 0.25) is 0 Å². The number of anilines is 1. The zero-order valence-corrected chi connectivity index (χ0v) is 11.9. The highest BCUT2D eigenvalue weighted by Gasteiger charge is 2.17. The smallest absolute Gasteiger partial charge is 0.270 e. The van der Waals surface area contributed by atoms with Gasteiger partial charge in [-0.3, -0.25) is 20.5 Å². The van der Waals surface area contributed by atoms with Gasteiger partial charge in [0.25, 0.3) is 5.91 Å². The maximum Gasteiger partial charge on any atom is 0.270 e. The number of hydrogen-bond acceptors (Lipinski definition) is 5. The topological polar surface area (TPSA) is 83.3 Å². The highest BCUT2D eigenvalue weighted by molar-refractivity contribution is 5.93. The van der Waals surface area contributed by atoms with Gasteiger partial charge in [-0.15, -0.1) is 0 Å². The van der Waals surface area contributed by atoms with Crippen molar-refractivity contribution in [3.63, 3.8) is 0 Å². The van der Waals surface area contributed by atoms with Gasteiger partial charge in [-0.2, -0.15) is 0 Å². The van der Waals surface area contributed by atoms with Crippen LogP contribution in [0.15, 0.2) is 18.3 Å². The lowest BCUT2D eigenvalue weighted by Gasteiger charge is -2.32. The Morgan fingerprint density at radius 3 is 2.90 bits per heavy atom. The van der Waals surface area contributed by atoms with E-state index in [9.17, 15) is 4.79 Å². The van der Waals surface area contributed by atoms with Crippen molar-refractivity contribution < 1.29 is 4.79 Å². The average molecular weight is 277 g/mol. The van der Waals surface area contributed by atoms with Gasteiger partial charge in [-0.1, -0.05) is 6.42 Å². The Kier molecular flexibility index (Phi) is 5.31. The first-order valence-electron chi connectivity index (χ1n) is 7.15. The number of hydrazine groups is 1. The molecular weight excluding hydrogens is 254 g/mol. The number of nitrogen functional groups attached to an aromatic ring is 1. The third-order valence-corrected chi connectivity index (χ3v) is 3.73. The van der Waals surface area contributed by atoms with E-state index < -0.39 is 0 Å². The highest BCUT2D eigenvalue weighted by atomic mass is 16.1. The van der Waals surface area contributed by atoms with Crippen LogP contribution < -0.4 is 16.6 Å². The average Bonchev–Trinajstić information content (AvgIpc) is 2.53. The number of aromatic nitrogens is 1. The molecule has 0 aliphatic carbocycles. The number of nitrogens with one attached hydrogen (secondary N) is 2. The first kappa shape index (κ1) is 14.7. The number of likely N-dealkylation sites (tertiary alicyclic amines) is 1. The number of amides is 1. The molecule has 20 heavy (non-hydrogen) atoms. The molecule has 0 saturated carbocycles. The summed E-state index contributed by atoms with van der Waals surface area (Å²) in [6, 6.07) is 3.71. The van der Waals surface area contributed by atoms with Gasteiger partial charge in [0.05, 0.1) is 5.69 Å². The van der Waals surface area contributed by atoms with Crippen molar-refractivity contribution in [1.82, 2.24) is 15.2 Å². The minimum atomic E-state index is -0.161. The van der Waals surface area contributed by atoms with Crippen molar-refractivity contribution in [2.45, 2.75) is 32.2 Å². The Labute approximate surface area is 119 Å². The molecule has 1 aliphatic rings. The summed E-state index contributed by atoms with van der Waals surface area (Å²) in [5.41, 5.74) is 3.57. The van der Waals surface area contributed by atoms with Crippen LogP contribution in [-0.4, -0.2) is 41.5 Å². The summed E-state index contributed by atoms with van der Waals surface area (Å²) >= 11 is 0. The third kappa shape index (κ3) is 3.91. The van der Waals surface area contributed by atoms with E-state index in [1.807, 2.05) is 0 Å².